The summed E-state index contributed by atoms with van der Waals surface area (Å²) in [5.74, 6) is 0.566. The quantitative estimate of drug-likeness (QED) is 0.854. The van der Waals surface area contributed by atoms with Gasteiger partial charge in [-0.2, -0.15) is 0 Å². The van der Waals surface area contributed by atoms with Crippen molar-refractivity contribution in [3.05, 3.63) is 29.8 Å². The Kier molecular flexibility index (Phi) is 4.96. The second-order valence-electron chi connectivity index (χ2n) is 7.73. The summed E-state index contributed by atoms with van der Waals surface area (Å²) >= 11 is 0. The average Bonchev–Trinajstić information content (AvgIpc) is 2.83. The van der Waals surface area contributed by atoms with Crippen LogP contribution in [0.25, 0.3) is 0 Å². The van der Waals surface area contributed by atoms with Gasteiger partial charge in [0.1, 0.15) is 11.4 Å². The van der Waals surface area contributed by atoms with Gasteiger partial charge in [-0.3, -0.25) is 9.71 Å². The number of hydrogen-bond donors (Lipinski definition) is 1. The molecule has 2 aliphatic rings. The summed E-state index contributed by atoms with van der Waals surface area (Å²) in [4.78, 5) is 18.7. The molecule has 2 heterocycles. The molecule has 1 unspecified atom stereocenters. The van der Waals surface area contributed by atoms with Gasteiger partial charge in [-0.1, -0.05) is 12.1 Å². The molecule has 1 N–H and O–H groups in total. The van der Waals surface area contributed by atoms with Crippen LogP contribution in [0.3, 0.4) is 0 Å². The minimum atomic E-state index is -3.52. The maximum absolute atomic E-state index is 12.2. The number of aliphatic imine (C=N–C) groups is 1. The summed E-state index contributed by atoms with van der Waals surface area (Å²) in [5, 5.41) is 0. The Morgan fingerprint density at radius 1 is 1.35 bits per heavy atom. The van der Waals surface area contributed by atoms with Crippen LogP contribution in [0.15, 0.2) is 34.2 Å². The molecule has 0 aliphatic carbocycles. The van der Waals surface area contributed by atoms with Crippen molar-refractivity contribution >= 4 is 22.0 Å². The first-order chi connectivity index (χ1) is 12.2. The van der Waals surface area contributed by atoms with Gasteiger partial charge in [0, 0.05) is 25.2 Å². The zero-order valence-corrected chi connectivity index (χ0v) is 16.2. The largest absolute Gasteiger partial charge is 0.444 e. The highest BCUT2D eigenvalue weighted by Gasteiger charge is 2.31. The highest BCUT2D eigenvalue weighted by atomic mass is 32.2. The van der Waals surface area contributed by atoms with Crippen LogP contribution in [0.4, 0.5) is 4.79 Å². The fourth-order valence-corrected chi connectivity index (χ4v) is 4.43. The highest BCUT2D eigenvalue weighted by molar-refractivity contribution is 7.90. The molecule has 1 atom stereocenters. The van der Waals surface area contributed by atoms with Gasteiger partial charge in [0.05, 0.1) is 4.90 Å². The number of benzene rings is 1. The zero-order valence-electron chi connectivity index (χ0n) is 15.4. The molecule has 3 rings (SSSR count). The monoisotopic (exact) mass is 379 g/mol. The number of nitrogens with one attached hydrogen (secondary N) is 1. The number of likely N-dealkylation sites (tertiary alicyclic amines) is 1. The van der Waals surface area contributed by atoms with Gasteiger partial charge in [0.2, 0.25) is 0 Å². The molecule has 2 aliphatic heterocycles. The van der Waals surface area contributed by atoms with Crippen molar-refractivity contribution in [2.45, 2.75) is 44.1 Å². The van der Waals surface area contributed by atoms with E-state index in [4.69, 9.17) is 4.74 Å². The van der Waals surface area contributed by atoms with Crippen LogP contribution in [0, 0.1) is 5.92 Å². The van der Waals surface area contributed by atoms with E-state index in [9.17, 15) is 13.2 Å². The molecule has 0 spiro atoms. The van der Waals surface area contributed by atoms with Crippen LogP contribution in [0.5, 0.6) is 0 Å². The predicted octanol–water partition coefficient (Wildman–Crippen LogP) is 2.37. The van der Waals surface area contributed by atoms with Gasteiger partial charge in [-0.15, -0.1) is 0 Å². The Hall–Kier alpha value is -2.09. The number of piperidine rings is 1. The summed E-state index contributed by atoms with van der Waals surface area (Å²) in [6.07, 6.45) is 1.53. The smallest absolute Gasteiger partial charge is 0.410 e. The SMILES string of the molecule is CC(C)(C)OC(=O)N1CCCC(CN=C2NS(=O)(=O)c3ccccc32)C1. The van der Waals surface area contributed by atoms with Crippen LogP contribution in [0.1, 0.15) is 39.2 Å². The summed E-state index contributed by atoms with van der Waals surface area (Å²) in [6.45, 7) is 7.26. The van der Waals surface area contributed by atoms with Crippen LogP contribution < -0.4 is 4.72 Å². The maximum atomic E-state index is 12.2. The number of amides is 1. The van der Waals surface area contributed by atoms with E-state index in [0.717, 1.165) is 12.8 Å². The molecule has 0 saturated carbocycles. The lowest BCUT2D eigenvalue weighted by Crippen LogP contribution is -2.43. The van der Waals surface area contributed by atoms with Gasteiger partial charge in [-0.05, 0) is 51.7 Å². The summed E-state index contributed by atoms with van der Waals surface area (Å²) < 4.78 is 32.2. The van der Waals surface area contributed by atoms with Crippen molar-refractivity contribution in [1.82, 2.24) is 9.62 Å². The van der Waals surface area contributed by atoms with Crippen LogP contribution in [-0.4, -0.2) is 50.5 Å². The Balaban J connectivity index is 1.67. The van der Waals surface area contributed by atoms with E-state index < -0.39 is 15.6 Å². The first kappa shape index (κ1) is 18.7. The molecule has 0 aromatic heterocycles. The van der Waals surface area contributed by atoms with E-state index in [1.54, 1.807) is 29.2 Å². The average molecular weight is 379 g/mol. The first-order valence-corrected chi connectivity index (χ1v) is 10.3. The topological polar surface area (TPSA) is 88.1 Å². The fourth-order valence-electron chi connectivity index (χ4n) is 3.18. The lowest BCUT2D eigenvalue weighted by atomic mass is 9.98. The summed E-state index contributed by atoms with van der Waals surface area (Å²) in [7, 11) is -3.52. The standard InChI is InChI=1S/C18H25N3O4S/c1-18(2,3)25-17(22)21-10-6-7-13(12-21)11-19-16-14-8-4-5-9-15(14)26(23,24)20-16/h4-5,8-9,13H,6-7,10-12H2,1-3H3,(H,19,20). The first-order valence-electron chi connectivity index (χ1n) is 8.80. The van der Waals surface area contributed by atoms with E-state index in [1.807, 2.05) is 20.8 Å². The molecule has 1 aromatic rings. The fraction of sp³-hybridized carbons (Fsp3) is 0.556. The highest BCUT2D eigenvalue weighted by Crippen LogP contribution is 2.24. The molecule has 1 amide bonds. The lowest BCUT2D eigenvalue weighted by Gasteiger charge is -2.33. The van der Waals surface area contributed by atoms with Gasteiger partial charge >= 0.3 is 6.09 Å². The molecule has 8 heteroatoms. The molecule has 1 saturated heterocycles. The van der Waals surface area contributed by atoms with Crippen molar-refractivity contribution < 1.29 is 17.9 Å². The molecule has 7 nitrogen and oxygen atoms in total. The minimum Gasteiger partial charge on any atom is -0.444 e. The van der Waals surface area contributed by atoms with Gasteiger partial charge < -0.3 is 9.64 Å². The Bertz CT molecular complexity index is 827. The lowest BCUT2D eigenvalue weighted by molar-refractivity contribution is 0.0171. The molecular weight excluding hydrogens is 354 g/mol. The van der Waals surface area contributed by atoms with Crippen LogP contribution in [0.2, 0.25) is 0 Å². The number of carbonyl (C=O) groups is 1. The third-order valence-electron chi connectivity index (χ3n) is 4.34. The third kappa shape index (κ3) is 4.17. The molecule has 1 fully saturated rings. The maximum Gasteiger partial charge on any atom is 0.410 e. The van der Waals surface area contributed by atoms with E-state index in [1.165, 1.54) is 0 Å². The Morgan fingerprint density at radius 3 is 2.81 bits per heavy atom. The number of fused-ring (bicyclic) bond motifs is 1. The molecule has 1 aromatic carbocycles. The third-order valence-corrected chi connectivity index (χ3v) is 5.74. The van der Waals surface area contributed by atoms with Crippen molar-refractivity contribution in [3.63, 3.8) is 0 Å². The molecule has 142 valence electrons. The molecule has 0 bridgehead atoms. The van der Waals surface area contributed by atoms with Crippen molar-refractivity contribution in [2.24, 2.45) is 10.9 Å². The summed E-state index contributed by atoms with van der Waals surface area (Å²) in [6, 6.07) is 6.81. The van der Waals surface area contributed by atoms with Gasteiger partial charge in [-0.25, -0.2) is 13.2 Å². The molecule has 26 heavy (non-hydrogen) atoms. The molecular formula is C18H25N3O4S. The number of nitrogens with zero attached hydrogens (tertiary/aromatic N) is 2. The molecule has 0 radical (unpaired) electrons. The van der Waals surface area contributed by atoms with E-state index in [-0.39, 0.29) is 16.9 Å². The number of amidine groups is 1. The second-order valence-corrected chi connectivity index (χ2v) is 9.38. The Morgan fingerprint density at radius 2 is 2.08 bits per heavy atom. The zero-order chi connectivity index (χ0) is 18.9. The van der Waals surface area contributed by atoms with E-state index in [2.05, 4.69) is 9.71 Å². The van der Waals surface area contributed by atoms with Crippen molar-refractivity contribution in [1.29, 1.82) is 0 Å². The van der Waals surface area contributed by atoms with Crippen molar-refractivity contribution in [3.8, 4) is 0 Å². The van der Waals surface area contributed by atoms with Crippen LogP contribution in [-0.2, 0) is 14.8 Å². The Labute approximate surface area is 154 Å². The normalized spacial score (nSPS) is 23.4. The number of sulfonamides is 1. The minimum absolute atomic E-state index is 0.182. The number of rotatable bonds is 2. The number of ether oxygens (including phenoxy) is 1. The number of hydrogen-bond acceptors (Lipinski definition) is 5. The van der Waals surface area contributed by atoms with Crippen LogP contribution >= 0.6 is 0 Å². The van der Waals surface area contributed by atoms with Crippen molar-refractivity contribution in [2.75, 3.05) is 19.6 Å². The summed E-state index contributed by atoms with van der Waals surface area (Å²) in [5.41, 5.74) is 0.0862. The number of carbonyl (C=O) groups excluding carboxylic acids is 1. The van der Waals surface area contributed by atoms with Gasteiger partial charge in [0.15, 0.2) is 0 Å². The van der Waals surface area contributed by atoms with E-state index in [0.29, 0.717) is 31.0 Å². The van der Waals surface area contributed by atoms with Gasteiger partial charge in [0.25, 0.3) is 10.0 Å². The second kappa shape index (κ2) is 6.90. The predicted molar refractivity (Wildman–Crippen MR) is 98.7 cm³/mol. The van der Waals surface area contributed by atoms with E-state index >= 15 is 0 Å².